The Morgan fingerprint density at radius 1 is 1.08 bits per heavy atom. The van der Waals surface area contributed by atoms with Gasteiger partial charge in [-0.15, -0.1) is 0 Å². The maximum Gasteiger partial charge on any atom is 0.204 e. The number of rotatable bonds is 5. The van der Waals surface area contributed by atoms with Crippen LogP contribution in [0.15, 0.2) is 53.5 Å². The van der Waals surface area contributed by atoms with Crippen molar-refractivity contribution in [2.75, 3.05) is 4.90 Å². The first-order valence-electron chi connectivity index (χ1n) is 8.90. The minimum Gasteiger partial charge on any atom is -0.353 e. The van der Waals surface area contributed by atoms with E-state index >= 15 is 0 Å². The molecule has 0 unspecified atom stereocenters. The van der Waals surface area contributed by atoms with Crippen molar-refractivity contribution in [3.63, 3.8) is 0 Å². The van der Waals surface area contributed by atoms with Crippen LogP contribution in [0.2, 0.25) is 0 Å². The van der Waals surface area contributed by atoms with Crippen LogP contribution in [0.25, 0.3) is 0 Å². The van der Waals surface area contributed by atoms with Gasteiger partial charge in [0.15, 0.2) is 0 Å². The van der Waals surface area contributed by atoms with Crippen molar-refractivity contribution in [2.45, 2.75) is 53.1 Å². The number of guanidine groups is 1. The molecule has 1 N–H and O–H groups in total. The molecule has 2 rings (SSSR count). The predicted molar refractivity (Wildman–Crippen MR) is 118 cm³/mol. The Balaban J connectivity index is 2.53. The third-order valence-electron chi connectivity index (χ3n) is 3.84. The fraction of sp³-hybridized carbons (Fsp3) is 0.381. The van der Waals surface area contributed by atoms with Crippen molar-refractivity contribution in [1.29, 1.82) is 0 Å². The van der Waals surface area contributed by atoms with Crippen molar-refractivity contribution < 1.29 is 0 Å². The first-order chi connectivity index (χ1) is 11.9. The lowest BCUT2D eigenvalue weighted by atomic mass is 10.1. The number of aliphatic imine (C=N–C) groups is 1. The van der Waals surface area contributed by atoms with Crippen LogP contribution >= 0.6 is 22.6 Å². The van der Waals surface area contributed by atoms with Gasteiger partial charge in [-0.3, -0.25) is 0 Å². The Labute approximate surface area is 165 Å². The standard InChI is InChI=1S/C21H28IN3/c1-6-17-10-9-11-18(14-17)25(16(4)5)21(23-15(2)3)24-20-13-8-7-12-19(20)22/h7-16H,6H2,1-5H3,(H,23,24). The summed E-state index contributed by atoms with van der Waals surface area (Å²) in [7, 11) is 0. The molecule has 2 aromatic rings. The third kappa shape index (κ3) is 5.46. The summed E-state index contributed by atoms with van der Waals surface area (Å²) in [5.41, 5.74) is 3.50. The molecule has 0 saturated carbocycles. The van der Waals surface area contributed by atoms with E-state index in [0.717, 1.165) is 21.6 Å². The summed E-state index contributed by atoms with van der Waals surface area (Å²) in [5, 5.41) is 3.55. The fourth-order valence-corrected chi connectivity index (χ4v) is 3.17. The Hall–Kier alpha value is -1.56. The summed E-state index contributed by atoms with van der Waals surface area (Å²) in [4.78, 5) is 7.26. The highest BCUT2D eigenvalue weighted by molar-refractivity contribution is 14.1. The summed E-state index contributed by atoms with van der Waals surface area (Å²) in [6.07, 6.45) is 1.03. The van der Waals surface area contributed by atoms with Crippen molar-refractivity contribution in [3.05, 3.63) is 57.7 Å². The van der Waals surface area contributed by atoms with E-state index in [1.807, 2.05) is 12.1 Å². The van der Waals surface area contributed by atoms with Crippen LogP contribution in [-0.4, -0.2) is 18.0 Å². The molecule has 0 aliphatic heterocycles. The highest BCUT2D eigenvalue weighted by atomic mass is 127. The number of anilines is 1. The lowest BCUT2D eigenvalue weighted by molar-refractivity contribution is 0.697. The maximum absolute atomic E-state index is 4.98. The van der Waals surface area contributed by atoms with Crippen LogP contribution in [0.4, 0.5) is 11.4 Å². The zero-order valence-corrected chi connectivity index (χ0v) is 17.9. The summed E-state index contributed by atoms with van der Waals surface area (Å²) in [6.45, 7) is 10.9. The minimum absolute atomic E-state index is 0.290. The Bertz CT molecular complexity index is 723. The highest BCUT2D eigenvalue weighted by Gasteiger charge is 2.19. The fourth-order valence-electron chi connectivity index (χ4n) is 2.66. The normalized spacial score (nSPS) is 11.9. The number of aryl methyl sites for hydroxylation is 1. The van der Waals surface area contributed by atoms with E-state index in [4.69, 9.17) is 4.99 Å². The van der Waals surface area contributed by atoms with E-state index in [2.05, 4.69) is 104 Å². The number of nitrogens with zero attached hydrogens (tertiary/aromatic N) is 2. The molecule has 0 aromatic heterocycles. The van der Waals surface area contributed by atoms with Gasteiger partial charge in [-0.25, -0.2) is 4.99 Å². The van der Waals surface area contributed by atoms with Gasteiger partial charge < -0.3 is 10.2 Å². The minimum atomic E-state index is 0.290. The average Bonchev–Trinajstić information content (AvgIpc) is 2.56. The second kappa shape index (κ2) is 9.22. The molecule has 0 aliphatic carbocycles. The van der Waals surface area contributed by atoms with Gasteiger partial charge in [-0.05, 0) is 86.5 Å². The first-order valence-corrected chi connectivity index (χ1v) is 9.98. The van der Waals surface area contributed by atoms with Crippen LogP contribution < -0.4 is 10.2 Å². The van der Waals surface area contributed by atoms with Crippen molar-refractivity contribution >= 4 is 39.9 Å². The first kappa shape index (κ1) is 19.8. The van der Waals surface area contributed by atoms with E-state index in [9.17, 15) is 0 Å². The molecule has 0 atom stereocenters. The van der Waals surface area contributed by atoms with Crippen LogP contribution in [0, 0.1) is 3.57 Å². The highest BCUT2D eigenvalue weighted by Crippen LogP contribution is 2.24. The molecule has 0 heterocycles. The molecule has 134 valence electrons. The predicted octanol–water partition coefficient (Wildman–Crippen LogP) is 5.75. The number of nitrogens with one attached hydrogen (secondary N) is 1. The van der Waals surface area contributed by atoms with Crippen LogP contribution in [0.1, 0.15) is 40.2 Å². The molecule has 0 amide bonds. The third-order valence-corrected chi connectivity index (χ3v) is 4.75. The van der Waals surface area contributed by atoms with Crippen LogP contribution in [-0.2, 0) is 6.42 Å². The van der Waals surface area contributed by atoms with E-state index in [-0.39, 0.29) is 0 Å². The molecule has 2 aromatic carbocycles. The molecular weight excluding hydrogens is 421 g/mol. The van der Waals surface area contributed by atoms with Crippen molar-refractivity contribution in [1.82, 2.24) is 5.32 Å². The van der Waals surface area contributed by atoms with E-state index in [0.29, 0.717) is 12.1 Å². The topological polar surface area (TPSA) is 27.6 Å². The van der Waals surface area contributed by atoms with Gasteiger partial charge in [0.05, 0.1) is 5.69 Å². The average molecular weight is 449 g/mol. The van der Waals surface area contributed by atoms with Crippen LogP contribution in [0.5, 0.6) is 0 Å². The van der Waals surface area contributed by atoms with Gasteiger partial charge in [-0.2, -0.15) is 0 Å². The Morgan fingerprint density at radius 2 is 1.80 bits per heavy atom. The van der Waals surface area contributed by atoms with Crippen molar-refractivity contribution in [3.8, 4) is 0 Å². The molecular formula is C21H28IN3. The number of halogens is 1. The number of hydrogen-bond donors (Lipinski definition) is 1. The summed E-state index contributed by atoms with van der Waals surface area (Å²) in [5.74, 6) is 0.891. The molecule has 0 aliphatic rings. The van der Waals surface area contributed by atoms with Gasteiger partial charge in [-0.1, -0.05) is 31.2 Å². The molecule has 25 heavy (non-hydrogen) atoms. The number of benzene rings is 2. The molecule has 0 saturated heterocycles. The van der Waals surface area contributed by atoms with Gasteiger partial charge in [0.25, 0.3) is 0 Å². The molecule has 0 radical (unpaired) electrons. The Kier molecular flexibility index (Phi) is 7.29. The van der Waals surface area contributed by atoms with E-state index < -0.39 is 0 Å². The molecule has 4 heteroatoms. The summed E-state index contributed by atoms with van der Waals surface area (Å²) in [6, 6.07) is 17.5. The van der Waals surface area contributed by atoms with E-state index in [1.165, 1.54) is 11.3 Å². The SMILES string of the molecule is CCc1cccc(N(C(=Nc2ccccc2I)NC(C)C)C(C)C)c1. The monoisotopic (exact) mass is 449 g/mol. The number of para-hydroxylation sites is 1. The van der Waals surface area contributed by atoms with Gasteiger partial charge in [0, 0.05) is 21.3 Å². The van der Waals surface area contributed by atoms with Crippen LogP contribution in [0.3, 0.4) is 0 Å². The zero-order valence-electron chi connectivity index (χ0n) is 15.8. The molecule has 0 spiro atoms. The largest absolute Gasteiger partial charge is 0.353 e. The second-order valence-corrected chi connectivity index (χ2v) is 7.84. The quantitative estimate of drug-likeness (QED) is 0.358. The van der Waals surface area contributed by atoms with Crippen molar-refractivity contribution in [2.24, 2.45) is 4.99 Å². The van der Waals surface area contributed by atoms with Gasteiger partial charge >= 0.3 is 0 Å². The summed E-state index contributed by atoms with van der Waals surface area (Å²) < 4.78 is 1.15. The molecule has 0 fully saturated rings. The molecule has 0 bridgehead atoms. The maximum atomic E-state index is 4.98. The lowest BCUT2D eigenvalue weighted by Gasteiger charge is -2.32. The lowest BCUT2D eigenvalue weighted by Crippen LogP contribution is -2.47. The zero-order chi connectivity index (χ0) is 18.4. The van der Waals surface area contributed by atoms with Gasteiger partial charge in [0.2, 0.25) is 5.96 Å². The van der Waals surface area contributed by atoms with Gasteiger partial charge in [0.1, 0.15) is 0 Å². The van der Waals surface area contributed by atoms with E-state index in [1.54, 1.807) is 0 Å². The summed E-state index contributed by atoms with van der Waals surface area (Å²) >= 11 is 2.34. The second-order valence-electron chi connectivity index (χ2n) is 6.67. The smallest absolute Gasteiger partial charge is 0.204 e. The Morgan fingerprint density at radius 3 is 2.40 bits per heavy atom. The molecule has 3 nitrogen and oxygen atoms in total. The number of hydrogen-bond acceptors (Lipinski definition) is 1.